The Morgan fingerprint density at radius 1 is 0.947 bits per heavy atom. The number of benzene rings is 2. The van der Waals surface area contributed by atoms with Gasteiger partial charge in [0.15, 0.2) is 12.2 Å². The predicted octanol–water partition coefficient (Wildman–Crippen LogP) is 3.33. The van der Waals surface area contributed by atoms with Crippen LogP contribution in [0.4, 0.5) is 4.39 Å². The lowest BCUT2D eigenvalue weighted by molar-refractivity contribution is -0.0289. The number of esters is 2. The van der Waals surface area contributed by atoms with Gasteiger partial charge in [-0.15, -0.1) is 0 Å². The van der Waals surface area contributed by atoms with Crippen molar-refractivity contribution in [3.8, 4) is 11.5 Å². The molecule has 6 rings (SSSR count). The first-order valence-corrected chi connectivity index (χ1v) is 12.9. The molecule has 1 N–H and O–H groups in total. The van der Waals surface area contributed by atoms with E-state index in [4.69, 9.17) is 28.4 Å². The minimum Gasteiger partial charge on any atom is -0.508 e. The van der Waals surface area contributed by atoms with Crippen molar-refractivity contribution in [2.45, 2.75) is 62.8 Å². The van der Waals surface area contributed by atoms with Crippen LogP contribution in [-0.2, 0) is 23.7 Å². The van der Waals surface area contributed by atoms with Crippen molar-refractivity contribution in [2.75, 3.05) is 19.8 Å². The minimum absolute atomic E-state index is 0.0222. The molecule has 2 aromatic rings. The van der Waals surface area contributed by atoms with Crippen LogP contribution in [0.3, 0.4) is 0 Å². The molecule has 202 valence electrons. The van der Waals surface area contributed by atoms with Gasteiger partial charge in [0, 0.05) is 6.07 Å². The fourth-order valence-corrected chi connectivity index (χ4v) is 5.51. The number of hydrogen-bond donors (Lipinski definition) is 1. The van der Waals surface area contributed by atoms with Crippen molar-refractivity contribution in [1.29, 1.82) is 0 Å². The summed E-state index contributed by atoms with van der Waals surface area (Å²) in [5, 5.41) is 9.34. The van der Waals surface area contributed by atoms with E-state index in [1.54, 1.807) is 12.1 Å². The summed E-state index contributed by atoms with van der Waals surface area (Å²) in [6.07, 6.45) is 1.37. The Balaban J connectivity index is 1.02. The van der Waals surface area contributed by atoms with Gasteiger partial charge in [-0.3, -0.25) is 0 Å². The third-order valence-electron chi connectivity index (χ3n) is 7.67. The van der Waals surface area contributed by atoms with E-state index in [1.165, 1.54) is 6.07 Å². The van der Waals surface area contributed by atoms with Gasteiger partial charge in [-0.25, -0.2) is 14.0 Å². The van der Waals surface area contributed by atoms with Crippen LogP contribution in [0.1, 0.15) is 45.5 Å². The molecular formula is C28H29FO9. The highest BCUT2D eigenvalue weighted by molar-refractivity contribution is 5.91. The number of epoxide rings is 1. The van der Waals surface area contributed by atoms with Crippen molar-refractivity contribution in [3.05, 3.63) is 58.9 Å². The average Bonchev–Trinajstić information content (AvgIpc) is 3.40. The monoisotopic (exact) mass is 528 g/mol. The van der Waals surface area contributed by atoms with Gasteiger partial charge < -0.3 is 33.5 Å². The Hall–Kier alpha value is -3.21. The number of halogens is 1. The van der Waals surface area contributed by atoms with Crippen molar-refractivity contribution >= 4 is 11.9 Å². The maximum atomic E-state index is 14.0. The molecule has 7 atom stereocenters. The molecule has 9 nitrogen and oxygen atoms in total. The van der Waals surface area contributed by atoms with Gasteiger partial charge >= 0.3 is 11.9 Å². The van der Waals surface area contributed by atoms with Crippen LogP contribution in [0.2, 0.25) is 0 Å². The number of phenolic OH excluding ortho intramolecular Hbond substituents is 1. The molecule has 4 fully saturated rings. The molecule has 4 aliphatic rings. The highest BCUT2D eigenvalue weighted by atomic mass is 19.1. The molecule has 0 spiro atoms. The van der Waals surface area contributed by atoms with Gasteiger partial charge in [-0.2, -0.15) is 0 Å². The number of rotatable bonds is 7. The zero-order valence-corrected chi connectivity index (χ0v) is 20.8. The Kier molecular flexibility index (Phi) is 6.71. The first-order valence-electron chi connectivity index (χ1n) is 12.9. The molecule has 10 heteroatoms. The Morgan fingerprint density at radius 2 is 1.63 bits per heavy atom. The number of carbonyl (C=O) groups is 2. The Labute approximate surface area is 218 Å². The van der Waals surface area contributed by atoms with Gasteiger partial charge in [0.25, 0.3) is 0 Å². The lowest BCUT2D eigenvalue weighted by Gasteiger charge is -2.20. The van der Waals surface area contributed by atoms with Crippen LogP contribution in [-0.4, -0.2) is 73.5 Å². The molecule has 0 amide bonds. The van der Waals surface area contributed by atoms with Gasteiger partial charge in [0.2, 0.25) is 0 Å². The van der Waals surface area contributed by atoms with E-state index in [-0.39, 0.29) is 24.5 Å². The number of carbonyl (C=O) groups excluding carboxylic acids is 2. The molecular weight excluding hydrogens is 499 g/mol. The van der Waals surface area contributed by atoms with Crippen LogP contribution < -0.4 is 4.74 Å². The fourth-order valence-electron chi connectivity index (χ4n) is 5.51. The van der Waals surface area contributed by atoms with Gasteiger partial charge in [-0.1, -0.05) is 0 Å². The quantitative estimate of drug-likeness (QED) is 0.427. The molecule has 0 radical (unpaired) electrons. The lowest BCUT2D eigenvalue weighted by atomic mass is 9.90. The second-order valence-electron chi connectivity index (χ2n) is 10.3. The number of aryl methyl sites for hydroxylation is 1. The molecule has 2 aromatic carbocycles. The van der Waals surface area contributed by atoms with E-state index in [2.05, 4.69) is 0 Å². The standard InChI is InChI=1S/C28H29FO9/c1-14-8-17(33-11-15-2-7-21-22(9-15)36-21)4-6-18(14)27(31)37-23-12-34-26-24(13-35-25(23)26)38-28(32)19-5-3-16(30)10-20(19)29/h3-6,8,10,15,21-26,30H,2,7,9,11-13H2,1H3. The molecule has 0 bridgehead atoms. The maximum Gasteiger partial charge on any atom is 0.341 e. The van der Waals surface area contributed by atoms with E-state index < -0.39 is 42.2 Å². The molecule has 3 saturated heterocycles. The highest BCUT2D eigenvalue weighted by Crippen LogP contribution is 2.39. The number of fused-ring (bicyclic) bond motifs is 2. The van der Waals surface area contributed by atoms with E-state index in [1.807, 2.05) is 13.0 Å². The van der Waals surface area contributed by atoms with Gasteiger partial charge in [-0.05, 0) is 68.0 Å². The molecule has 1 saturated carbocycles. The van der Waals surface area contributed by atoms with E-state index >= 15 is 0 Å². The second kappa shape index (κ2) is 10.2. The second-order valence-corrected chi connectivity index (χ2v) is 10.3. The molecule has 0 aromatic heterocycles. The normalized spacial score (nSPS) is 31.3. The lowest BCUT2D eigenvalue weighted by Crippen LogP contribution is -2.36. The van der Waals surface area contributed by atoms with E-state index in [0.717, 1.165) is 37.0 Å². The summed E-state index contributed by atoms with van der Waals surface area (Å²) in [5.41, 5.74) is 0.836. The van der Waals surface area contributed by atoms with Gasteiger partial charge in [0.1, 0.15) is 29.5 Å². The molecule has 38 heavy (non-hydrogen) atoms. The molecule has 7 unspecified atom stereocenters. The van der Waals surface area contributed by atoms with Crippen molar-refractivity contribution < 1.29 is 47.5 Å². The Bertz CT molecular complexity index is 1230. The third kappa shape index (κ3) is 5.08. The van der Waals surface area contributed by atoms with Crippen LogP contribution in [0.5, 0.6) is 11.5 Å². The summed E-state index contributed by atoms with van der Waals surface area (Å²) >= 11 is 0. The first-order chi connectivity index (χ1) is 18.4. The highest BCUT2D eigenvalue weighted by Gasteiger charge is 2.51. The summed E-state index contributed by atoms with van der Waals surface area (Å²) < 4.78 is 48.2. The molecule has 1 aliphatic carbocycles. The third-order valence-corrected chi connectivity index (χ3v) is 7.67. The summed E-state index contributed by atoms with van der Waals surface area (Å²) in [6.45, 7) is 2.55. The van der Waals surface area contributed by atoms with Gasteiger partial charge in [0.05, 0.1) is 43.2 Å². The first kappa shape index (κ1) is 25.1. The smallest absolute Gasteiger partial charge is 0.341 e. The van der Waals surface area contributed by atoms with Crippen molar-refractivity contribution in [2.24, 2.45) is 5.92 Å². The van der Waals surface area contributed by atoms with Crippen molar-refractivity contribution in [3.63, 3.8) is 0 Å². The largest absolute Gasteiger partial charge is 0.508 e. The fraction of sp³-hybridized carbons (Fsp3) is 0.500. The van der Waals surface area contributed by atoms with E-state index in [9.17, 15) is 19.1 Å². The summed E-state index contributed by atoms with van der Waals surface area (Å²) in [5.74, 6) is -1.41. The zero-order chi connectivity index (χ0) is 26.4. The van der Waals surface area contributed by atoms with Crippen LogP contribution in [0, 0.1) is 18.7 Å². The zero-order valence-electron chi connectivity index (χ0n) is 20.8. The number of aromatic hydroxyl groups is 1. The van der Waals surface area contributed by atoms with Crippen LogP contribution in [0.25, 0.3) is 0 Å². The summed E-state index contributed by atoms with van der Waals surface area (Å²) in [4.78, 5) is 25.4. The summed E-state index contributed by atoms with van der Waals surface area (Å²) in [6, 6.07) is 8.46. The maximum absolute atomic E-state index is 14.0. The number of ether oxygens (including phenoxy) is 6. The van der Waals surface area contributed by atoms with Crippen LogP contribution in [0.15, 0.2) is 36.4 Å². The number of hydrogen-bond acceptors (Lipinski definition) is 9. The number of phenols is 1. The SMILES string of the molecule is Cc1cc(OCC2CCC3OC3C2)ccc1C(=O)OC1COC2C(OC(=O)c3ccc(O)cc3F)COC12. The van der Waals surface area contributed by atoms with Crippen molar-refractivity contribution in [1.82, 2.24) is 0 Å². The minimum atomic E-state index is -0.896. The topological polar surface area (TPSA) is 113 Å². The Morgan fingerprint density at radius 3 is 2.29 bits per heavy atom. The average molecular weight is 529 g/mol. The van der Waals surface area contributed by atoms with E-state index in [0.29, 0.717) is 36.0 Å². The summed E-state index contributed by atoms with van der Waals surface area (Å²) in [7, 11) is 0. The molecule has 3 heterocycles. The van der Waals surface area contributed by atoms with Crippen LogP contribution >= 0.6 is 0 Å². The predicted molar refractivity (Wildman–Crippen MR) is 129 cm³/mol. The molecule has 3 aliphatic heterocycles.